The van der Waals surface area contributed by atoms with Gasteiger partial charge in [0.15, 0.2) is 0 Å². The van der Waals surface area contributed by atoms with Crippen molar-refractivity contribution in [3.63, 3.8) is 0 Å². The van der Waals surface area contributed by atoms with Crippen LogP contribution in [0.5, 0.6) is 0 Å². The number of hydrogen-bond donors (Lipinski definition) is 0. The highest BCUT2D eigenvalue weighted by Crippen LogP contribution is 2.29. The fourth-order valence-corrected chi connectivity index (χ4v) is 2.51. The van der Waals surface area contributed by atoms with E-state index in [9.17, 15) is 9.18 Å². The van der Waals surface area contributed by atoms with E-state index in [0.717, 1.165) is 4.90 Å². The fraction of sp³-hybridized carbons (Fsp3) is 0.188. The van der Waals surface area contributed by atoms with Gasteiger partial charge in [0, 0.05) is 10.5 Å². The van der Waals surface area contributed by atoms with Crippen molar-refractivity contribution in [3.05, 3.63) is 53.8 Å². The SMILES string of the molecule is CCOC(=O)c1cc(-c2ccccc2F)ccc1SC. The van der Waals surface area contributed by atoms with E-state index in [1.165, 1.54) is 17.8 Å². The van der Waals surface area contributed by atoms with Crippen LogP contribution < -0.4 is 0 Å². The first kappa shape index (κ1) is 14.6. The van der Waals surface area contributed by atoms with Crippen LogP contribution in [0.1, 0.15) is 17.3 Å². The number of carbonyl (C=O) groups excluding carboxylic acids is 1. The number of halogens is 1. The summed E-state index contributed by atoms with van der Waals surface area (Å²) in [6.45, 7) is 2.08. The van der Waals surface area contributed by atoms with Gasteiger partial charge >= 0.3 is 5.97 Å². The lowest BCUT2D eigenvalue weighted by Crippen LogP contribution is -2.06. The highest BCUT2D eigenvalue weighted by atomic mass is 32.2. The second-order valence-corrected chi connectivity index (χ2v) is 4.96. The summed E-state index contributed by atoms with van der Waals surface area (Å²) < 4.78 is 18.9. The molecular weight excluding hydrogens is 275 g/mol. The van der Waals surface area contributed by atoms with Crippen LogP contribution in [-0.2, 0) is 4.74 Å². The molecule has 0 bridgehead atoms. The van der Waals surface area contributed by atoms with E-state index in [2.05, 4.69) is 0 Å². The zero-order valence-electron chi connectivity index (χ0n) is 11.4. The van der Waals surface area contributed by atoms with Gasteiger partial charge in [0.1, 0.15) is 5.82 Å². The monoisotopic (exact) mass is 290 g/mol. The van der Waals surface area contributed by atoms with E-state index < -0.39 is 0 Å². The summed E-state index contributed by atoms with van der Waals surface area (Å²) >= 11 is 1.46. The Bertz CT molecular complexity index is 626. The van der Waals surface area contributed by atoms with Gasteiger partial charge in [-0.05, 0) is 36.9 Å². The topological polar surface area (TPSA) is 26.3 Å². The second kappa shape index (κ2) is 6.57. The van der Waals surface area contributed by atoms with Crippen LogP contribution in [-0.4, -0.2) is 18.8 Å². The molecule has 0 N–H and O–H groups in total. The van der Waals surface area contributed by atoms with Crippen molar-refractivity contribution in [2.45, 2.75) is 11.8 Å². The minimum Gasteiger partial charge on any atom is -0.462 e. The highest BCUT2D eigenvalue weighted by Gasteiger charge is 2.14. The Morgan fingerprint density at radius 2 is 2.00 bits per heavy atom. The average Bonchev–Trinajstić information content (AvgIpc) is 2.47. The quantitative estimate of drug-likeness (QED) is 0.617. The summed E-state index contributed by atoms with van der Waals surface area (Å²) in [5.41, 5.74) is 1.62. The molecule has 20 heavy (non-hydrogen) atoms. The molecule has 0 radical (unpaired) electrons. The standard InChI is InChI=1S/C16H15FO2S/c1-3-19-16(18)13-10-11(8-9-15(13)20-2)12-6-4-5-7-14(12)17/h4-10H,3H2,1-2H3. The Kier molecular flexibility index (Phi) is 4.79. The van der Waals surface area contributed by atoms with Crippen LogP contribution in [0, 0.1) is 5.82 Å². The lowest BCUT2D eigenvalue weighted by Gasteiger charge is -2.10. The molecule has 0 atom stereocenters. The van der Waals surface area contributed by atoms with E-state index in [1.54, 1.807) is 31.2 Å². The molecule has 0 unspecified atom stereocenters. The Morgan fingerprint density at radius 3 is 2.65 bits per heavy atom. The molecule has 2 nitrogen and oxygen atoms in total. The molecule has 0 amide bonds. The predicted molar refractivity (Wildman–Crippen MR) is 79.6 cm³/mol. The van der Waals surface area contributed by atoms with Crippen molar-refractivity contribution in [2.24, 2.45) is 0 Å². The molecule has 0 spiro atoms. The van der Waals surface area contributed by atoms with Crippen molar-refractivity contribution < 1.29 is 13.9 Å². The van der Waals surface area contributed by atoms with Crippen LogP contribution in [0.3, 0.4) is 0 Å². The lowest BCUT2D eigenvalue weighted by atomic mass is 10.0. The molecule has 0 heterocycles. The Balaban J connectivity index is 2.50. The smallest absolute Gasteiger partial charge is 0.339 e. The van der Waals surface area contributed by atoms with E-state index in [4.69, 9.17) is 4.74 Å². The molecule has 0 aliphatic carbocycles. The number of esters is 1. The third-order valence-corrected chi connectivity index (χ3v) is 3.68. The lowest BCUT2D eigenvalue weighted by molar-refractivity contribution is 0.0522. The third kappa shape index (κ3) is 3.02. The van der Waals surface area contributed by atoms with Crippen molar-refractivity contribution in [2.75, 3.05) is 12.9 Å². The van der Waals surface area contributed by atoms with Crippen LogP contribution in [0.15, 0.2) is 47.4 Å². The van der Waals surface area contributed by atoms with Gasteiger partial charge in [-0.2, -0.15) is 0 Å². The van der Waals surface area contributed by atoms with Gasteiger partial charge in [0.2, 0.25) is 0 Å². The molecular formula is C16H15FO2S. The summed E-state index contributed by atoms with van der Waals surface area (Å²) in [4.78, 5) is 12.8. The summed E-state index contributed by atoms with van der Waals surface area (Å²) in [5.74, 6) is -0.686. The largest absolute Gasteiger partial charge is 0.462 e. The van der Waals surface area contributed by atoms with Crippen LogP contribution >= 0.6 is 11.8 Å². The predicted octanol–water partition coefficient (Wildman–Crippen LogP) is 4.39. The van der Waals surface area contributed by atoms with Gasteiger partial charge in [-0.1, -0.05) is 24.3 Å². The highest BCUT2D eigenvalue weighted by molar-refractivity contribution is 7.98. The average molecular weight is 290 g/mol. The molecule has 4 heteroatoms. The molecule has 0 saturated carbocycles. The molecule has 2 rings (SSSR count). The van der Waals surface area contributed by atoms with Crippen molar-refractivity contribution >= 4 is 17.7 Å². The molecule has 2 aromatic rings. The van der Waals surface area contributed by atoms with Gasteiger partial charge in [0.25, 0.3) is 0 Å². The van der Waals surface area contributed by atoms with E-state index in [1.807, 2.05) is 18.4 Å². The maximum atomic E-state index is 13.8. The maximum Gasteiger partial charge on any atom is 0.339 e. The third-order valence-electron chi connectivity index (χ3n) is 2.88. The van der Waals surface area contributed by atoms with Crippen LogP contribution in [0.4, 0.5) is 4.39 Å². The zero-order chi connectivity index (χ0) is 14.5. The molecule has 0 aromatic heterocycles. The Hall–Kier alpha value is -1.81. The van der Waals surface area contributed by atoms with Crippen molar-refractivity contribution in [1.82, 2.24) is 0 Å². The van der Waals surface area contributed by atoms with E-state index >= 15 is 0 Å². The maximum absolute atomic E-state index is 13.8. The molecule has 0 aliphatic rings. The first-order valence-electron chi connectivity index (χ1n) is 6.27. The van der Waals surface area contributed by atoms with Gasteiger partial charge in [-0.3, -0.25) is 0 Å². The summed E-state index contributed by atoms with van der Waals surface area (Å²) in [6, 6.07) is 11.8. The number of thioether (sulfide) groups is 1. The Labute approximate surface area is 122 Å². The number of benzene rings is 2. The van der Waals surface area contributed by atoms with Crippen LogP contribution in [0.2, 0.25) is 0 Å². The Morgan fingerprint density at radius 1 is 1.25 bits per heavy atom. The van der Waals surface area contributed by atoms with Gasteiger partial charge in [-0.15, -0.1) is 11.8 Å². The number of ether oxygens (including phenoxy) is 1. The minimum absolute atomic E-state index is 0.306. The van der Waals surface area contributed by atoms with Gasteiger partial charge < -0.3 is 4.74 Å². The molecule has 2 aromatic carbocycles. The number of rotatable bonds is 4. The normalized spacial score (nSPS) is 10.3. The summed E-state index contributed by atoms with van der Waals surface area (Å²) in [6.07, 6.45) is 1.89. The van der Waals surface area contributed by atoms with E-state index in [0.29, 0.717) is 23.3 Å². The molecule has 104 valence electrons. The van der Waals surface area contributed by atoms with Gasteiger partial charge in [0.05, 0.1) is 12.2 Å². The number of hydrogen-bond acceptors (Lipinski definition) is 3. The molecule has 0 saturated heterocycles. The summed E-state index contributed by atoms with van der Waals surface area (Å²) in [5, 5.41) is 0. The molecule has 0 aliphatic heterocycles. The fourth-order valence-electron chi connectivity index (χ4n) is 1.94. The molecule has 0 fully saturated rings. The van der Waals surface area contributed by atoms with Crippen LogP contribution in [0.25, 0.3) is 11.1 Å². The first-order valence-corrected chi connectivity index (χ1v) is 7.50. The van der Waals surface area contributed by atoms with E-state index in [-0.39, 0.29) is 11.8 Å². The summed E-state index contributed by atoms with van der Waals surface area (Å²) in [7, 11) is 0. The minimum atomic E-state index is -0.380. The second-order valence-electron chi connectivity index (χ2n) is 4.12. The zero-order valence-corrected chi connectivity index (χ0v) is 12.2. The number of carbonyl (C=O) groups is 1. The van der Waals surface area contributed by atoms with Crippen molar-refractivity contribution in [3.8, 4) is 11.1 Å². The van der Waals surface area contributed by atoms with Gasteiger partial charge in [-0.25, -0.2) is 9.18 Å². The first-order chi connectivity index (χ1) is 9.67. The van der Waals surface area contributed by atoms with Crippen molar-refractivity contribution in [1.29, 1.82) is 0 Å².